The smallest absolute Gasteiger partial charge is 0.278 e. The van der Waals surface area contributed by atoms with Gasteiger partial charge in [-0.25, -0.2) is 4.68 Å². The second-order valence-corrected chi connectivity index (χ2v) is 6.85. The highest BCUT2D eigenvalue weighted by molar-refractivity contribution is 6.03. The summed E-state index contributed by atoms with van der Waals surface area (Å²) < 4.78 is 12.8. The van der Waals surface area contributed by atoms with Gasteiger partial charge in [-0.15, -0.1) is 5.10 Å². The van der Waals surface area contributed by atoms with Gasteiger partial charge in [-0.3, -0.25) is 9.59 Å². The molecule has 30 heavy (non-hydrogen) atoms. The Morgan fingerprint density at radius 2 is 1.73 bits per heavy atom. The molecule has 1 unspecified atom stereocenters. The zero-order valence-corrected chi connectivity index (χ0v) is 16.6. The first kappa shape index (κ1) is 19.6. The summed E-state index contributed by atoms with van der Waals surface area (Å²) in [7, 11) is 1.62. The Bertz CT molecular complexity index is 1060. The fourth-order valence-electron chi connectivity index (χ4n) is 3.24. The molecule has 9 nitrogen and oxygen atoms in total. The van der Waals surface area contributed by atoms with Crippen LogP contribution in [0.3, 0.4) is 0 Å². The third-order valence-electron chi connectivity index (χ3n) is 4.76. The largest absolute Gasteiger partial charge is 0.497 e. The Kier molecular flexibility index (Phi) is 5.44. The maximum atomic E-state index is 12.7. The van der Waals surface area contributed by atoms with Crippen molar-refractivity contribution in [1.29, 1.82) is 0 Å². The Morgan fingerprint density at radius 3 is 2.37 bits per heavy atom. The maximum absolute atomic E-state index is 12.7. The van der Waals surface area contributed by atoms with Gasteiger partial charge in [0.2, 0.25) is 5.91 Å². The number of nitrogens with one attached hydrogen (secondary N) is 2. The van der Waals surface area contributed by atoms with Crippen LogP contribution >= 0.6 is 0 Å². The fourth-order valence-corrected chi connectivity index (χ4v) is 3.24. The molecule has 2 heterocycles. The van der Waals surface area contributed by atoms with Crippen LogP contribution in [-0.2, 0) is 22.7 Å². The molecule has 0 saturated heterocycles. The van der Waals surface area contributed by atoms with E-state index in [4.69, 9.17) is 9.47 Å². The molecule has 2 aromatic carbocycles. The second-order valence-electron chi connectivity index (χ2n) is 6.85. The molecule has 1 aliphatic heterocycles. The number of fused-ring (bicyclic) bond motifs is 1. The van der Waals surface area contributed by atoms with E-state index < -0.39 is 0 Å². The first-order valence-corrected chi connectivity index (χ1v) is 9.40. The van der Waals surface area contributed by atoms with Crippen LogP contribution in [0.2, 0.25) is 0 Å². The van der Waals surface area contributed by atoms with Gasteiger partial charge in [0.1, 0.15) is 11.9 Å². The Labute approximate surface area is 173 Å². The molecule has 1 aliphatic rings. The lowest BCUT2D eigenvalue weighted by Crippen LogP contribution is -2.24. The topological polar surface area (TPSA) is 107 Å². The lowest BCUT2D eigenvalue weighted by Gasteiger charge is -2.24. The molecular weight excluding hydrogens is 386 g/mol. The van der Waals surface area contributed by atoms with Crippen molar-refractivity contribution in [3.8, 4) is 5.75 Å². The van der Waals surface area contributed by atoms with Gasteiger partial charge in [-0.2, -0.15) is 0 Å². The van der Waals surface area contributed by atoms with Crippen molar-refractivity contribution < 1.29 is 19.1 Å². The standard InChI is InChI=1S/C21H21N5O4/c1-13(27)22-15-5-7-16(8-6-15)23-21(28)20-18-12-30-19(11-26(18)25-24-20)14-3-9-17(29-2)10-4-14/h3-10,19H,11-12H2,1-2H3,(H,22,27)(H,23,28). The fraction of sp³-hybridized carbons (Fsp3) is 0.238. The summed E-state index contributed by atoms with van der Waals surface area (Å²) in [6, 6.07) is 14.5. The van der Waals surface area contributed by atoms with Crippen LogP contribution in [0.25, 0.3) is 0 Å². The van der Waals surface area contributed by atoms with E-state index in [1.54, 1.807) is 36.1 Å². The van der Waals surface area contributed by atoms with E-state index in [-0.39, 0.29) is 30.2 Å². The highest BCUT2D eigenvalue weighted by atomic mass is 16.5. The van der Waals surface area contributed by atoms with Crippen molar-refractivity contribution >= 4 is 23.2 Å². The monoisotopic (exact) mass is 407 g/mol. The summed E-state index contributed by atoms with van der Waals surface area (Å²) in [4.78, 5) is 23.8. The number of ether oxygens (including phenoxy) is 2. The Morgan fingerprint density at radius 1 is 1.07 bits per heavy atom. The number of carbonyl (C=O) groups is 2. The van der Waals surface area contributed by atoms with Gasteiger partial charge >= 0.3 is 0 Å². The summed E-state index contributed by atoms with van der Waals surface area (Å²) in [6.07, 6.45) is -0.178. The first-order chi connectivity index (χ1) is 14.5. The van der Waals surface area contributed by atoms with Crippen molar-refractivity contribution in [2.45, 2.75) is 26.2 Å². The van der Waals surface area contributed by atoms with Crippen LogP contribution < -0.4 is 15.4 Å². The molecule has 154 valence electrons. The summed E-state index contributed by atoms with van der Waals surface area (Å²) in [5, 5.41) is 13.7. The Hall–Kier alpha value is -3.72. The average Bonchev–Trinajstić information content (AvgIpc) is 3.18. The number of methoxy groups -OCH3 is 1. The van der Waals surface area contributed by atoms with E-state index in [0.29, 0.717) is 23.6 Å². The molecule has 0 saturated carbocycles. The predicted octanol–water partition coefficient (Wildman–Crippen LogP) is 2.77. The second kappa shape index (κ2) is 8.34. The number of anilines is 2. The third kappa shape index (κ3) is 4.15. The number of aromatic nitrogens is 3. The molecular formula is C21H21N5O4. The van der Waals surface area contributed by atoms with Crippen LogP contribution in [0, 0.1) is 0 Å². The van der Waals surface area contributed by atoms with Gasteiger partial charge in [0.05, 0.1) is 26.0 Å². The highest BCUT2D eigenvalue weighted by Gasteiger charge is 2.27. The number of hydrogen-bond donors (Lipinski definition) is 2. The van der Waals surface area contributed by atoms with E-state index >= 15 is 0 Å². The molecule has 9 heteroatoms. The first-order valence-electron chi connectivity index (χ1n) is 9.40. The minimum Gasteiger partial charge on any atom is -0.497 e. The van der Waals surface area contributed by atoms with Gasteiger partial charge in [-0.1, -0.05) is 17.3 Å². The minimum absolute atomic E-state index is 0.157. The molecule has 0 radical (unpaired) electrons. The summed E-state index contributed by atoms with van der Waals surface area (Å²) in [5.41, 5.74) is 3.10. The van der Waals surface area contributed by atoms with Gasteiger partial charge in [0.25, 0.3) is 5.91 Å². The SMILES string of the molecule is COc1ccc(C2Cn3nnc(C(=O)Nc4ccc(NC(C)=O)cc4)c3CO2)cc1. The van der Waals surface area contributed by atoms with E-state index in [0.717, 1.165) is 11.3 Å². The van der Waals surface area contributed by atoms with Gasteiger partial charge in [-0.05, 0) is 42.0 Å². The van der Waals surface area contributed by atoms with Gasteiger partial charge in [0, 0.05) is 18.3 Å². The van der Waals surface area contributed by atoms with E-state index in [2.05, 4.69) is 20.9 Å². The molecule has 0 spiro atoms. The number of carbonyl (C=O) groups excluding carboxylic acids is 2. The van der Waals surface area contributed by atoms with E-state index in [1.165, 1.54) is 6.92 Å². The molecule has 2 N–H and O–H groups in total. The molecule has 2 amide bonds. The number of benzene rings is 2. The van der Waals surface area contributed by atoms with Crippen molar-refractivity contribution in [2.24, 2.45) is 0 Å². The predicted molar refractivity (Wildman–Crippen MR) is 109 cm³/mol. The van der Waals surface area contributed by atoms with Crippen LogP contribution in [0.4, 0.5) is 11.4 Å². The molecule has 1 atom stereocenters. The molecule has 0 bridgehead atoms. The van der Waals surface area contributed by atoms with Crippen LogP contribution in [0.5, 0.6) is 5.75 Å². The lowest BCUT2D eigenvalue weighted by atomic mass is 10.1. The third-order valence-corrected chi connectivity index (χ3v) is 4.76. The van der Waals surface area contributed by atoms with Gasteiger partial charge in [0.15, 0.2) is 5.69 Å². The van der Waals surface area contributed by atoms with Crippen LogP contribution in [0.15, 0.2) is 48.5 Å². The average molecular weight is 407 g/mol. The van der Waals surface area contributed by atoms with Crippen LogP contribution in [-0.4, -0.2) is 33.9 Å². The number of rotatable bonds is 5. The number of hydrogen-bond acceptors (Lipinski definition) is 6. The number of nitrogens with zero attached hydrogens (tertiary/aromatic N) is 3. The molecule has 4 rings (SSSR count). The Balaban J connectivity index is 1.44. The van der Waals surface area contributed by atoms with E-state index in [9.17, 15) is 9.59 Å². The summed E-state index contributed by atoms with van der Waals surface area (Å²) in [6.45, 7) is 2.13. The molecule has 1 aromatic heterocycles. The molecule has 0 fully saturated rings. The van der Waals surface area contributed by atoms with Crippen molar-refractivity contribution in [3.05, 3.63) is 65.5 Å². The number of amides is 2. The van der Waals surface area contributed by atoms with Crippen molar-refractivity contribution in [1.82, 2.24) is 15.0 Å². The lowest BCUT2D eigenvalue weighted by molar-refractivity contribution is -0.114. The highest BCUT2D eigenvalue weighted by Crippen LogP contribution is 2.28. The molecule has 3 aromatic rings. The maximum Gasteiger partial charge on any atom is 0.278 e. The minimum atomic E-state index is -0.366. The summed E-state index contributed by atoms with van der Waals surface area (Å²) >= 11 is 0. The quantitative estimate of drug-likeness (QED) is 0.673. The summed E-state index contributed by atoms with van der Waals surface area (Å²) in [5.74, 6) is 0.255. The normalized spacial score (nSPS) is 15.2. The molecule has 0 aliphatic carbocycles. The van der Waals surface area contributed by atoms with Crippen molar-refractivity contribution in [2.75, 3.05) is 17.7 Å². The zero-order valence-electron chi connectivity index (χ0n) is 16.6. The zero-order chi connectivity index (χ0) is 21.1. The van der Waals surface area contributed by atoms with Gasteiger partial charge < -0.3 is 20.1 Å². The van der Waals surface area contributed by atoms with Crippen molar-refractivity contribution in [3.63, 3.8) is 0 Å². The van der Waals surface area contributed by atoms with E-state index in [1.807, 2.05) is 24.3 Å². The van der Waals surface area contributed by atoms with Crippen LogP contribution in [0.1, 0.15) is 34.8 Å².